The third-order valence-electron chi connectivity index (χ3n) is 5.42. The number of aromatic nitrogens is 4. The molecule has 0 saturated carbocycles. The molecule has 4 rings (SSSR count). The number of imidazole rings is 1. The number of rotatable bonds is 9. The van der Waals surface area contributed by atoms with E-state index in [1.165, 1.54) is 12.3 Å². The monoisotopic (exact) mass is 588 g/mol. The van der Waals surface area contributed by atoms with Gasteiger partial charge in [0.25, 0.3) is 0 Å². The second-order valence-corrected chi connectivity index (χ2v) is 8.85. The van der Waals surface area contributed by atoms with Crippen molar-refractivity contribution in [2.45, 2.75) is 33.6 Å². The van der Waals surface area contributed by atoms with Crippen LogP contribution in [-0.2, 0) is 11.3 Å². The molecule has 1 atom stereocenters. The van der Waals surface area contributed by atoms with Crippen LogP contribution in [-0.4, -0.2) is 33.2 Å². The van der Waals surface area contributed by atoms with Gasteiger partial charge >= 0.3 is 0 Å². The Hall–Kier alpha value is -3.05. The number of halogens is 2. The van der Waals surface area contributed by atoms with E-state index in [-0.39, 0.29) is 6.23 Å². The molecule has 0 aliphatic carbocycles. The number of hydrogen-bond donors (Lipinski definition) is 0. The van der Waals surface area contributed by atoms with E-state index < -0.39 is 5.95 Å². The Morgan fingerprint density at radius 2 is 1.91 bits per heavy atom. The van der Waals surface area contributed by atoms with E-state index in [9.17, 15) is 4.39 Å². The lowest BCUT2D eigenvalue weighted by molar-refractivity contribution is 0.0243. The number of benzene rings is 1. The number of nitrogens with zero attached hydrogens (tertiary/aromatic N) is 4. The van der Waals surface area contributed by atoms with Crippen LogP contribution in [0.4, 0.5) is 4.39 Å². The molecular weight excluding hydrogens is 562 g/mol. The molecule has 3 aromatic heterocycles. The summed E-state index contributed by atoms with van der Waals surface area (Å²) in [7, 11) is 1.62. The summed E-state index contributed by atoms with van der Waals surface area (Å²) in [5, 5.41) is 0. The summed E-state index contributed by atoms with van der Waals surface area (Å²) in [6, 6.07) is 12.6. The maximum atomic E-state index is 13.5. The summed E-state index contributed by atoms with van der Waals surface area (Å²) in [4.78, 5) is 13.0. The fraction of sp³-hybridized carbons (Fsp3) is 0.269. The zero-order valence-corrected chi connectivity index (χ0v) is 22.1. The number of methoxy groups -OCH3 is 1. The first-order valence-corrected chi connectivity index (χ1v) is 12.2. The van der Waals surface area contributed by atoms with Crippen LogP contribution in [0.25, 0.3) is 22.6 Å². The van der Waals surface area contributed by atoms with E-state index in [1.54, 1.807) is 19.4 Å². The molecular formula is C26H26FIN4O3. The van der Waals surface area contributed by atoms with Gasteiger partial charge in [-0.1, -0.05) is 6.07 Å². The number of aryl methyl sites for hydroxylation is 1. The maximum absolute atomic E-state index is 13.5. The van der Waals surface area contributed by atoms with Crippen molar-refractivity contribution in [2.24, 2.45) is 0 Å². The SMILES string of the molecule is CCOC(C)n1c(-c2ccc(F)nc2)nc(-c2ccc(OCc3ccc(C)nc3)cc2OC)c1I. The van der Waals surface area contributed by atoms with Crippen LogP contribution in [0.15, 0.2) is 54.9 Å². The number of ether oxygens (including phenoxy) is 3. The van der Waals surface area contributed by atoms with Crippen molar-refractivity contribution < 1.29 is 18.6 Å². The van der Waals surface area contributed by atoms with Crippen molar-refractivity contribution in [1.82, 2.24) is 19.5 Å². The molecule has 3 heterocycles. The summed E-state index contributed by atoms with van der Waals surface area (Å²) in [5.74, 6) is 1.39. The zero-order chi connectivity index (χ0) is 24.9. The molecule has 0 N–H and O–H groups in total. The van der Waals surface area contributed by atoms with Crippen LogP contribution in [0.3, 0.4) is 0 Å². The fourth-order valence-electron chi connectivity index (χ4n) is 3.65. The highest BCUT2D eigenvalue weighted by molar-refractivity contribution is 14.1. The van der Waals surface area contributed by atoms with Crippen LogP contribution in [0.2, 0.25) is 0 Å². The van der Waals surface area contributed by atoms with Crippen LogP contribution in [0.5, 0.6) is 11.5 Å². The second-order valence-electron chi connectivity index (χ2n) is 7.83. The molecule has 4 aromatic rings. The molecule has 0 radical (unpaired) electrons. The molecule has 1 unspecified atom stereocenters. The highest BCUT2D eigenvalue weighted by Gasteiger charge is 2.24. The molecule has 0 aliphatic heterocycles. The van der Waals surface area contributed by atoms with Gasteiger partial charge < -0.3 is 14.2 Å². The highest BCUT2D eigenvalue weighted by Crippen LogP contribution is 2.39. The Morgan fingerprint density at radius 3 is 2.57 bits per heavy atom. The molecule has 182 valence electrons. The highest BCUT2D eigenvalue weighted by atomic mass is 127. The van der Waals surface area contributed by atoms with Crippen molar-refractivity contribution in [3.05, 3.63) is 75.8 Å². The van der Waals surface area contributed by atoms with E-state index in [2.05, 4.69) is 32.6 Å². The normalized spacial score (nSPS) is 11.9. The molecule has 0 bridgehead atoms. The van der Waals surface area contributed by atoms with Crippen LogP contribution in [0, 0.1) is 16.6 Å². The van der Waals surface area contributed by atoms with Gasteiger partial charge in [-0.05, 0) is 73.7 Å². The van der Waals surface area contributed by atoms with Crippen molar-refractivity contribution in [3.8, 4) is 34.1 Å². The first-order valence-electron chi connectivity index (χ1n) is 11.1. The van der Waals surface area contributed by atoms with E-state index >= 15 is 0 Å². The van der Waals surface area contributed by atoms with Crippen molar-refractivity contribution in [2.75, 3.05) is 13.7 Å². The third-order valence-corrected chi connectivity index (χ3v) is 6.45. The summed E-state index contributed by atoms with van der Waals surface area (Å²) >= 11 is 2.25. The van der Waals surface area contributed by atoms with Crippen LogP contribution in [0.1, 0.15) is 31.3 Å². The molecule has 0 spiro atoms. The minimum atomic E-state index is -0.543. The number of pyridine rings is 2. The van der Waals surface area contributed by atoms with Crippen molar-refractivity contribution in [1.29, 1.82) is 0 Å². The Kier molecular flexibility index (Phi) is 7.97. The van der Waals surface area contributed by atoms with Crippen LogP contribution >= 0.6 is 22.6 Å². The van der Waals surface area contributed by atoms with Gasteiger partial charge in [-0.3, -0.25) is 9.55 Å². The fourth-order valence-corrected chi connectivity index (χ4v) is 4.68. The predicted octanol–water partition coefficient (Wildman–Crippen LogP) is 6.20. The Bertz CT molecular complexity index is 1290. The van der Waals surface area contributed by atoms with Gasteiger partial charge in [-0.25, -0.2) is 9.97 Å². The lowest BCUT2D eigenvalue weighted by atomic mass is 10.1. The summed E-state index contributed by atoms with van der Waals surface area (Å²) < 4.78 is 33.8. The van der Waals surface area contributed by atoms with Gasteiger partial charge in [0.1, 0.15) is 39.6 Å². The summed E-state index contributed by atoms with van der Waals surface area (Å²) in [5.41, 5.74) is 4.16. The first-order chi connectivity index (χ1) is 16.9. The maximum Gasteiger partial charge on any atom is 0.212 e. The quantitative estimate of drug-likeness (QED) is 0.171. The van der Waals surface area contributed by atoms with E-state index in [0.29, 0.717) is 36.1 Å². The Labute approximate surface area is 217 Å². The van der Waals surface area contributed by atoms with Crippen molar-refractivity contribution in [3.63, 3.8) is 0 Å². The molecule has 0 amide bonds. The Morgan fingerprint density at radius 1 is 1.09 bits per heavy atom. The molecule has 0 fully saturated rings. The summed E-state index contributed by atoms with van der Waals surface area (Å²) in [6.45, 7) is 6.78. The Balaban J connectivity index is 1.70. The van der Waals surface area contributed by atoms with Gasteiger partial charge in [0.2, 0.25) is 5.95 Å². The van der Waals surface area contributed by atoms with E-state index in [1.807, 2.05) is 55.7 Å². The predicted molar refractivity (Wildman–Crippen MR) is 140 cm³/mol. The number of hydrogen-bond acceptors (Lipinski definition) is 6. The van der Waals surface area contributed by atoms with E-state index in [0.717, 1.165) is 26.2 Å². The lowest BCUT2D eigenvalue weighted by Crippen LogP contribution is -2.12. The molecule has 0 aliphatic rings. The topological polar surface area (TPSA) is 71.3 Å². The second kappa shape index (κ2) is 11.1. The van der Waals surface area contributed by atoms with Gasteiger partial charge in [0.15, 0.2) is 0 Å². The minimum absolute atomic E-state index is 0.287. The van der Waals surface area contributed by atoms with Gasteiger partial charge in [0, 0.05) is 47.5 Å². The molecule has 9 heteroatoms. The minimum Gasteiger partial charge on any atom is -0.496 e. The average Bonchev–Trinajstić information content (AvgIpc) is 3.21. The lowest BCUT2D eigenvalue weighted by Gasteiger charge is -2.17. The molecule has 35 heavy (non-hydrogen) atoms. The standard InChI is InChI=1S/C26H26FIN4O3/c1-5-34-17(3)32-25(28)24(31-26(32)19-8-11-23(27)30-14-19)21-10-9-20(12-22(21)33-4)35-15-18-7-6-16(2)29-13-18/h6-14,17H,5,15H2,1-4H3. The first kappa shape index (κ1) is 25.1. The molecule has 7 nitrogen and oxygen atoms in total. The van der Waals surface area contributed by atoms with E-state index in [4.69, 9.17) is 19.2 Å². The smallest absolute Gasteiger partial charge is 0.212 e. The largest absolute Gasteiger partial charge is 0.496 e. The van der Waals surface area contributed by atoms with Crippen LogP contribution < -0.4 is 9.47 Å². The van der Waals surface area contributed by atoms with Gasteiger partial charge in [0.05, 0.1) is 7.11 Å². The zero-order valence-electron chi connectivity index (χ0n) is 20.0. The van der Waals surface area contributed by atoms with Crippen molar-refractivity contribution >= 4 is 22.6 Å². The average molecular weight is 588 g/mol. The van der Waals surface area contributed by atoms with Gasteiger partial charge in [-0.2, -0.15) is 4.39 Å². The third kappa shape index (κ3) is 5.62. The van der Waals surface area contributed by atoms with Gasteiger partial charge in [-0.15, -0.1) is 0 Å². The molecule has 1 aromatic carbocycles. The molecule has 0 saturated heterocycles. The summed E-state index contributed by atoms with van der Waals surface area (Å²) in [6.07, 6.45) is 2.99.